The van der Waals surface area contributed by atoms with Crippen LogP contribution in [0.5, 0.6) is 0 Å². The van der Waals surface area contributed by atoms with Gasteiger partial charge in [0.1, 0.15) is 10.2 Å². The number of hydrogen-bond acceptors (Lipinski definition) is 3. The number of allylic oxidation sites excluding steroid dienone is 3. The molecule has 83 valence electrons. The number of hydrogen-bond donors (Lipinski definition) is 0. The third-order valence-corrected chi connectivity index (χ3v) is 1.49. The van der Waals surface area contributed by atoms with Gasteiger partial charge in [0, 0.05) is 0 Å². The summed E-state index contributed by atoms with van der Waals surface area (Å²) >= 11 is 0. The van der Waals surface area contributed by atoms with Crippen LogP contribution >= 0.6 is 0 Å². The second kappa shape index (κ2) is 6.13. The van der Waals surface area contributed by atoms with Gasteiger partial charge < -0.3 is 14.2 Å². The Morgan fingerprint density at radius 3 is 1.40 bits per heavy atom. The van der Waals surface area contributed by atoms with Crippen molar-refractivity contribution in [1.82, 2.24) is 0 Å². The van der Waals surface area contributed by atoms with Crippen LogP contribution in [0.4, 0.5) is 0 Å². The Labute approximate surface area is 94.1 Å². The molecule has 3 nitrogen and oxygen atoms in total. The Hall–Kier alpha value is -1.42. The zero-order chi connectivity index (χ0) is 12.0. The van der Waals surface area contributed by atoms with Gasteiger partial charge in [-0.2, -0.15) is 0 Å². The molecule has 0 amide bonds. The van der Waals surface area contributed by atoms with Gasteiger partial charge in [0.05, 0.1) is 17.3 Å². The van der Waals surface area contributed by atoms with Gasteiger partial charge in [-0.05, 0) is 20.8 Å². The lowest BCUT2D eigenvalue weighted by Crippen LogP contribution is -2.02. The highest BCUT2D eigenvalue weighted by Gasteiger charge is 2.09. The largest absolute Gasteiger partial charge is 0.466 e. The van der Waals surface area contributed by atoms with Gasteiger partial charge in [-0.15, -0.1) is 0 Å². The average molecular weight is 225 g/mol. The molecule has 15 heavy (non-hydrogen) atoms. The van der Waals surface area contributed by atoms with Crippen LogP contribution in [-0.2, 0) is 14.2 Å². The first-order valence-electron chi connectivity index (χ1n) is 4.39. The monoisotopic (exact) mass is 225 g/mol. The van der Waals surface area contributed by atoms with E-state index in [-0.39, 0.29) is 5.95 Å². The second-order valence-electron chi connectivity index (χ2n) is 3.12. The Morgan fingerprint density at radius 1 is 0.800 bits per heavy atom. The minimum absolute atomic E-state index is 0.247. The summed E-state index contributed by atoms with van der Waals surface area (Å²) in [6.07, 6.45) is 0. The van der Waals surface area contributed by atoms with Crippen LogP contribution in [0.15, 0.2) is 48.3 Å². The highest BCUT2D eigenvalue weighted by Crippen LogP contribution is 2.15. The molecule has 0 fully saturated rings. The van der Waals surface area contributed by atoms with Gasteiger partial charge in [-0.1, -0.05) is 19.7 Å². The summed E-state index contributed by atoms with van der Waals surface area (Å²) in [4.78, 5) is 0. The SMILES string of the molecule is C=C(C)OC([SiH2])=C(OC(=C)C)OC(=C)C. The van der Waals surface area contributed by atoms with E-state index in [0.717, 1.165) is 0 Å². The third kappa shape index (κ3) is 6.62. The third-order valence-electron chi connectivity index (χ3n) is 1.06. The average Bonchev–Trinajstić information content (AvgIpc) is 1.99. The van der Waals surface area contributed by atoms with Gasteiger partial charge in [0.25, 0.3) is 0 Å². The molecule has 0 aromatic heterocycles. The van der Waals surface area contributed by atoms with Crippen LogP contribution in [0.25, 0.3) is 0 Å². The molecule has 0 aliphatic rings. The molecule has 0 atom stereocenters. The molecule has 0 bridgehead atoms. The first-order valence-corrected chi connectivity index (χ1v) is 5.10. The minimum Gasteiger partial charge on any atom is -0.466 e. The van der Waals surface area contributed by atoms with Gasteiger partial charge in [-0.25, -0.2) is 0 Å². The zero-order valence-electron chi connectivity index (χ0n) is 9.55. The van der Waals surface area contributed by atoms with Crippen LogP contribution in [0.2, 0.25) is 0 Å². The van der Waals surface area contributed by atoms with E-state index in [9.17, 15) is 0 Å². The molecule has 0 aliphatic carbocycles. The molecule has 0 aromatic rings. The smallest absolute Gasteiger partial charge is 0.323 e. The Morgan fingerprint density at radius 2 is 1.13 bits per heavy atom. The van der Waals surface area contributed by atoms with Gasteiger partial charge in [0.2, 0.25) is 0 Å². The summed E-state index contributed by atoms with van der Waals surface area (Å²) in [6.45, 7) is 16.1. The van der Waals surface area contributed by atoms with Gasteiger partial charge >= 0.3 is 5.95 Å². The molecule has 0 rings (SSSR count). The predicted octanol–water partition coefficient (Wildman–Crippen LogP) is 2.40. The molecular formula is C11H17O3Si. The molecule has 0 unspecified atom stereocenters. The standard InChI is InChI=1S/C11H17O3Si/c1-7(2)12-10(13-8(3)4)11(15)14-9(5)6/h1,3,5,15H2,2,4,6H3. The zero-order valence-corrected chi connectivity index (χ0v) is 11.0. The minimum atomic E-state index is 0.247. The van der Waals surface area contributed by atoms with E-state index in [0.29, 0.717) is 22.7 Å². The first kappa shape index (κ1) is 13.6. The summed E-state index contributed by atoms with van der Waals surface area (Å²) in [5.74, 6) is 1.84. The fraction of sp³-hybridized carbons (Fsp3) is 0.273. The topological polar surface area (TPSA) is 27.7 Å². The van der Waals surface area contributed by atoms with Crippen molar-refractivity contribution < 1.29 is 14.2 Å². The van der Waals surface area contributed by atoms with Crippen molar-refractivity contribution >= 4 is 10.2 Å². The quantitative estimate of drug-likeness (QED) is 0.513. The molecule has 0 saturated carbocycles. The molecule has 0 heterocycles. The second-order valence-corrected chi connectivity index (χ2v) is 3.77. The molecular weight excluding hydrogens is 208 g/mol. The molecule has 0 aromatic carbocycles. The number of rotatable bonds is 6. The van der Waals surface area contributed by atoms with E-state index in [2.05, 4.69) is 19.7 Å². The summed E-state index contributed by atoms with van der Waals surface area (Å²) in [7, 11) is 1.50. The lowest BCUT2D eigenvalue weighted by molar-refractivity contribution is 0.0953. The van der Waals surface area contributed by atoms with Crippen LogP contribution < -0.4 is 0 Å². The van der Waals surface area contributed by atoms with Crippen molar-refractivity contribution in [3.8, 4) is 0 Å². The maximum absolute atomic E-state index is 5.28. The molecule has 0 saturated heterocycles. The Balaban J connectivity index is 4.78. The maximum Gasteiger partial charge on any atom is 0.323 e. The van der Waals surface area contributed by atoms with E-state index in [1.807, 2.05) is 0 Å². The van der Waals surface area contributed by atoms with E-state index in [1.54, 1.807) is 20.8 Å². The van der Waals surface area contributed by atoms with Gasteiger partial charge in [-0.3, -0.25) is 0 Å². The van der Waals surface area contributed by atoms with Crippen LogP contribution in [0, 0.1) is 0 Å². The lowest BCUT2D eigenvalue weighted by atomic mass is 10.6. The highest BCUT2D eigenvalue weighted by molar-refractivity contribution is 6.20. The Bertz CT molecular complexity index is 298. The fourth-order valence-electron chi connectivity index (χ4n) is 0.703. The van der Waals surface area contributed by atoms with Crippen molar-refractivity contribution in [2.75, 3.05) is 0 Å². The highest BCUT2D eigenvalue weighted by atomic mass is 28.1. The lowest BCUT2D eigenvalue weighted by Gasteiger charge is -2.14. The van der Waals surface area contributed by atoms with E-state index in [4.69, 9.17) is 14.2 Å². The fourth-order valence-corrected chi connectivity index (χ4v) is 1.09. The van der Waals surface area contributed by atoms with Gasteiger partial charge in [0.15, 0.2) is 5.38 Å². The molecule has 0 N–H and O–H groups in total. The van der Waals surface area contributed by atoms with Crippen LogP contribution in [0.3, 0.4) is 0 Å². The van der Waals surface area contributed by atoms with Crippen molar-refractivity contribution in [3.63, 3.8) is 0 Å². The predicted molar refractivity (Wildman–Crippen MR) is 63.3 cm³/mol. The summed E-state index contributed by atoms with van der Waals surface area (Å²) in [5, 5.41) is 0.508. The van der Waals surface area contributed by atoms with Crippen molar-refractivity contribution in [1.29, 1.82) is 0 Å². The van der Waals surface area contributed by atoms with E-state index in [1.165, 1.54) is 10.2 Å². The molecule has 0 spiro atoms. The van der Waals surface area contributed by atoms with Crippen molar-refractivity contribution in [3.05, 3.63) is 48.3 Å². The summed E-state index contributed by atoms with van der Waals surface area (Å²) in [6, 6.07) is 0. The van der Waals surface area contributed by atoms with Crippen LogP contribution in [0.1, 0.15) is 20.8 Å². The maximum atomic E-state index is 5.28. The molecule has 4 heteroatoms. The molecule has 0 aliphatic heterocycles. The molecule has 1 radical (unpaired) electrons. The summed E-state index contributed by atoms with van der Waals surface area (Å²) < 4.78 is 15.8. The van der Waals surface area contributed by atoms with Crippen molar-refractivity contribution in [2.45, 2.75) is 20.8 Å². The van der Waals surface area contributed by atoms with Crippen molar-refractivity contribution in [2.24, 2.45) is 0 Å². The van der Waals surface area contributed by atoms with E-state index < -0.39 is 0 Å². The Kier molecular flexibility index (Phi) is 5.55. The number of ether oxygens (including phenoxy) is 3. The van der Waals surface area contributed by atoms with Crippen LogP contribution in [-0.4, -0.2) is 10.2 Å². The first-order chi connectivity index (χ1) is 6.82. The normalized spacial score (nSPS) is 8.80. The van der Waals surface area contributed by atoms with E-state index >= 15 is 0 Å². The summed E-state index contributed by atoms with van der Waals surface area (Å²) in [5.41, 5.74) is 0.